The molecule has 7 heteroatoms. The molecule has 0 aliphatic rings. The second kappa shape index (κ2) is 6.84. The van der Waals surface area contributed by atoms with E-state index in [4.69, 9.17) is 0 Å². The zero-order valence-electron chi connectivity index (χ0n) is 12.2. The molecule has 0 saturated heterocycles. The van der Waals surface area contributed by atoms with E-state index >= 15 is 0 Å². The SMILES string of the molecule is CC(C)NC(=O)Nc1ccc(Nc2ccc(F)c(F)c2)cn1. The number of aromatic nitrogens is 1. The molecule has 1 heterocycles. The molecule has 0 aliphatic heterocycles. The van der Waals surface area contributed by atoms with Crippen molar-refractivity contribution in [3.05, 3.63) is 48.2 Å². The molecule has 3 N–H and O–H groups in total. The summed E-state index contributed by atoms with van der Waals surface area (Å²) in [7, 11) is 0. The van der Waals surface area contributed by atoms with Crippen molar-refractivity contribution in [3.8, 4) is 0 Å². The van der Waals surface area contributed by atoms with Crippen LogP contribution in [0.25, 0.3) is 0 Å². The quantitative estimate of drug-likeness (QED) is 0.808. The number of rotatable bonds is 4. The van der Waals surface area contributed by atoms with Crippen LogP contribution in [0, 0.1) is 11.6 Å². The monoisotopic (exact) mass is 306 g/mol. The fourth-order valence-electron chi connectivity index (χ4n) is 1.70. The second-order valence-corrected chi connectivity index (χ2v) is 4.94. The molecule has 2 aromatic rings. The van der Waals surface area contributed by atoms with Crippen molar-refractivity contribution < 1.29 is 13.6 Å². The van der Waals surface area contributed by atoms with E-state index in [9.17, 15) is 13.6 Å². The molecule has 0 bridgehead atoms. The van der Waals surface area contributed by atoms with Gasteiger partial charge in [0, 0.05) is 17.8 Å². The lowest BCUT2D eigenvalue weighted by Crippen LogP contribution is -2.34. The Hall–Kier alpha value is -2.70. The Morgan fingerprint density at radius 2 is 1.82 bits per heavy atom. The Kier molecular flexibility index (Phi) is 4.88. The smallest absolute Gasteiger partial charge is 0.320 e. The van der Waals surface area contributed by atoms with Crippen molar-refractivity contribution in [2.45, 2.75) is 19.9 Å². The van der Waals surface area contributed by atoms with Gasteiger partial charge in [-0.05, 0) is 38.1 Å². The first-order valence-corrected chi connectivity index (χ1v) is 6.69. The molecule has 1 aromatic carbocycles. The van der Waals surface area contributed by atoms with Crippen molar-refractivity contribution in [1.29, 1.82) is 0 Å². The van der Waals surface area contributed by atoms with Gasteiger partial charge in [-0.2, -0.15) is 0 Å². The number of nitrogens with zero attached hydrogens (tertiary/aromatic N) is 1. The molecule has 0 spiro atoms. The molecule has 0 saturated carbocycles. The molecule has 5 nitrogen and oxygen atoms in total. The molecule has 0 aliphatic carbocycles. The third-order valence-electron chi connectivity index (χ3n) is 2.63. The Morgan fingerprint density at radius 3 is 2.41 bits per heavy atom. The van der Waals surface area contributed by atoms with E-state index < -0.39 is 11.6 Å². The average Bonchev–Trinajstić information content (AvgIpc) is 2.44. The maximum atomic E-state index is 13.1. The largest absolute Gasteiger partial charge is 0.354 e. The molecule has 116 valence electrons. The second-order valence-electron chi connectivity index (χ2n) is 4.94. The predicted molar refractivity (Wildman–Crippen MR) is 81.2 cm³/mol. The zero-order valence-corrected chi connectivity index (χ0v) is 12.2. The van der Waals surface area contributed by atoms with Gasteiger partial charge in [-0.15, -0.1) is 0 Å². The number of nitrogens with one attached hydrogen (secondary N) is 3. The summed E-state index contributed by atoms with van der Waals surface area (Å²) >= 11 is 0. The molecule has 0 fully saturated rings. The van der Waals surface area contributed by atoms with E-state index in [2.05, 4.69) is 20.9 Å². The normalized spacial score (nSPS) is 10.4. The summed E-state index contributed by atoms with van der Waals surface area (Å²) in [6, 6.07) is 6.45. The van der Waals surface area contributed by atoms with E-state index in [0.29, 0.717) is 17.2 Å². The van der Waals surface area contributed by atoms with Gasteiger partial charge in [-0.1, -0.05) is 0 Å². The van der Waals surface area contributed by atoms with Crippen LogP contribution >= 0.6 is 0 Å². The van der Waals surface area contributed by atoms with Crippen LogP contribution in [0.1, 0.15) is 13.8 Å². The Labute approximate surface area is 126 Å². The lowest BCUT2D eigenvalue weighted by atomic mass is 10.3. The average molecular weight is 306 g/mol. The van der Waals surface area contributed by atoms with Gasteiger partial charge in [-0.3, -0.25) is 5.32 Å². The standard InChI is InChI=1S/C15H16F2N4O/c1-9(2)19-15(22)21-14-6-4-11(8-18-14)20-10-3-5-12(16)13(17)7-10/h3-9,20H,1-2H3,(H2,18,19,21,22). The lowest BCUT2D eigenvalue weighted by Gasteiger charge is -2.10. The van der Waals surface area contributed by atoms with Crippen molar-refractivity contribution in [2.24, 2.45) is 0 Å². The summed E-state index contributed by atoms with van der Waals surface area (Å²) in [6.45, 7) is 3.70. The van der Waals surface area contributed by atoms with Crippen LogP contribution in [0.5, 0.6) is 0 Å². The van der Waals surface area contributed by atoms with E-state index in [1.807, 2.05) is 13.8 Å². The highest BCUT2D eigenvalue weighted by Crippen LogP contribution is 2.19. The van der Waals surface area contributed by atoms with E-state index in [0.717, 1.165) is 12.1 Å². The molecular weight excluding hydrogens is 290 g/mol. The summed E-state index contributed by atoms with van der Waals surface area (Å²) in [4.78, 5) is 15.6. The number of carbonyl (C=O) groups excluding carboxylic acids is 1. The van der Waals surface area contributed by atoms with Crippen LogP contribution in [0.3, 0.4) is 0 Å². The minimum atomic E-state index is -0.929. The van der Waals surface area contributed by atoms with Crippen LogP contribution in [0.2, 0.25) is 0 Å². The highest BCUT2D eigenvalue weighted by atomic mass is 19.2. The van der Waals surface area contributed by atoms with Crippen molar-refractivity contribution >= 4 is 23.2 Å². The van der Waals surface area contributed by atoms with Crippen molar-refractivity contribution in [3.63, 3.8) is 0 Å². The topological polar surface area (TPSA) is 66.1 Å². The molecule has 1 aromatic heterocycles. The third-order valence-corrected chi connectivity index (χ3v) is 2.63. The number of hydrogen-bond acceptors (Lipinski definition) is 3. The van der Waals surface area contributed by atoms with Gasteiger partial charge in [0.05, 0.1) is 11.9 Å². The number of pyridine rings is 1. The first kappa shape index (κ1) is 15.7. The fraction of sp³-hybridized carbons (Fsp3) is 0.200. The number of amides is 2. The highest BCUT2D eigenvalue weighted by Gasteiger charge is 2.05. The van der Waals surface area contributed by atoms with Gasteiger partial charge >= 0.3 is 6.03 Å². The van der Waals surface area contributed by atoms with Crippen molar-refractivity contribution in [1.82, 2.24) is 10.3 Å². The van der Waals surface area contributed by atoms with Gasteiger partial charge < -0.3 is 10.6 Å². The Morgan fingerprint density at radius 1 is 1.09 bits per heavy atom. The number of anilines is 3. The summed E-state index contributed by atoms with van der Waals surface area (Å²) in [5, 5.41) is 8.14. The van der Waals surface area contributed by atoms with Crippen LogP contribution in [-0.2, 0) is 0 Å². The molecule has 22 heavy (non-hydrogen) atoms. The highest BCUT2D eigenvalue weighted by molar-refractivity contribution is 5.88. The van der Waals surface area contributed by atoms with Gasteiger partial charge in [0.2, 0.25) is 0 Å². The van der Waals surface area contributed by atoms with E-state index in [1.165, 1.54) is 12.3 Å². The van der Waals surface area contributed by atoms with Crippen LogP contribution in [-0.4, -0.2) is 17.1 Å². The van der Waals surface area contributed by atoms with Gasteiger partial charge in [-0.25, -0.2) is 18.6 Å². The Balaban J connectivity index is 1.99. The maximum Gasteiger partial charge on any atom is 0.320 e. The minimum Gasteiger partial charge on any atom is -0.354 e. The number of hydrogen-bond donors (Lipinski definition) is 3. The number of halogens is 2. The van der Waals surface area contributed by atoms with E-state index in [-0.39, 0.29) is 12.1 Å². The third kappa shape index (κ3) is 4.41. The molecular formula is C15H16F2N4O. The zero-order chi connectivity index (χ0) is 16.1. The Bertz CT molecular complexity index is 659. The van der Waals surface area contributed by atoms with Gasteiger partial charge in [0.25, 0.3) is 0 Å². The summed E-state index contributed by atoms with van der Waals surface area (Å²) in [5.41, 5.74) is 0.986. The van der Waals surface area contributed by atoms with Crippen LogP contribution in [0.4, 0.5) is 30.8 Å². The van der Waals surface area contributed by atoms with Crippen molar-refractivity contribution in [2.75, 3.05) is 10.6 Å². The van der Waals surface area contributed by atoms with Gasteiger partial charge in [0.1, 0.15) is 5.82 Å². The maximum absolute atomic E-state index is 13.1. The summed E-state index contributed by atoms with van der Waals surface area (Å²) in [5.74, 6) is -1.45. The van der Waals surface area contributed by atoms with Gasteiger partial charge in [0.15, 0.2) is 11.6 Å². The first-order valence-electron chi connectivity index (χ1n) is 6.69. The summed E-state index contributed by atoms with van der Waals surface area (Å²) in [6.07, 6.45) is 1.48. The molecule has 0 atom stereocenters. The molecule has 2 amide bonds. The predicted octanol–water partition coefficient (Wildman–Crippen LogP) is 3.63. The van der Waals surface area contributed by atoms with E-state index in [1.54, 1.807) is 12.1 Å². The first-order chi connectivity index (χ1) is 10.4. The van der Waals surface area contributed by atoms with Crippen LogP contribution in [0.15, 0.2) is 36.5 Å². The lowest BCUT2D eigenvalue weighted by molar-refractivity contribution is 0.250. The molecule has 0 radical (unpaired) electrons. The minimum absolute atomic E-state index is 0.0225. The summed E-state index contributed by atoms with van der Waals surface area (Å²) < 4.78 is 25.9. The fourth-order valence-corrected chi connectivity index (χ4v) is 1.70. The molecule has 0 unspecified atom stereocenters. The molecule has 2 rings (SSSR count). The number of urea groups is 1. The van der Waals surface area contributed by atoms with Crippen LogP contribution < -0.4 is 16.0 Å². The number of benzene rings is 1. The number of carbonyl (C=O) groups is 1.